The molecule has 0 fully saturated rings. The van der Waals surface area contributed by atoms with Crippen LogP contribution < -0.4 is 0 Å². The maximum Gasteiger partial charge on any atom is 0.309 e. The van der Waals surface area contributed by atoms with Gasteiger partial charge in [-0.1, -0.05) is 70.3 Å². The van der Waals surface area contributed by atoms with Gasteiger partial charge >= 0.3 is 11.9 Å². The van der Waals surface area contributed by atoms with Gasteiger partial charge in [-0.2, -0.15) is 0 Å². The van der Waals surface area contributed by atoms with Gasteiger partial charge in [0.15, 0.2) is 0 Å². The fourth-order valence-corrected chi connectivity index (χ4v) is 4.08. The summed E-state index contributed by atoms with van der Waals surface area (Å²) in [5, 5.41) is 21.2. The fraction of sp³-hybridized carbons (Fsp3) is 0.714. The molecule has 194 valence electrons. The summed E-state index contributed by atoms with van der Waals surface area (Å²) < 4.78 is 11.1. The van der Waals surface area contributed by atoms with Crippen LogP contribution in [0.2, 0.25) is 0 Å². The van der Waals surface area contributed by atoms with Crippen molar-refractivity contribution in [2.24, 2.45) is 5.92 Å². The van der Waals surface area contributed by atoms with Crippen LogP contribution in [0.15, 0.2) is 36.0 Å². The van der Waals surface area contributed by atoms with E-state index in [1.165, 1.54) is 45.4 Å². The summed E-state index contributed by atoms with van der Waals surface area (Å²) in [6.07, 6.45) is 16.0. The first-order valence-corrected chi connectivity index (χ1v) is 12.9. The summed E-state index contributed by atoms with van der Waals surface area (Å²) in [7, 11) is 0. The molecule has 0 saturated heterocycles. The number of cyclic esters (lactones) is 1. The van der Waals surface area contributed by atoms with E-state index in [4.69, 9.17) is 9.47 Å². The quantitative estimate of drug-likeness (QED) is 0.184. The van der Waals surface area contributed by atoms with Crippen LogP contribution in [0.5, 0.6) is 0 Å². The number of rotatable bonds is 10. The SMILES string of the molecule is CCCCCCCCC=C/C=C(\C)C1OC(=O)CC(O)CCC(C)(O)C(OC(C)=O)/C=C/C1C. The normalized spacial score (nSPS) is 30.3. The molecule has 2 N–H and O–H groups in total. The van der Waals surface area contributed by atoms with E-state index in [9.17, 15) is 19.8 Å². The maximum atomic E-state index is 12.5. The molecular formula is C28H46O6. The molecule has 34 heavy (non-hydrogen) atoms. The Morgan fingerprint density at radius 3 is 2.56 bits per heavy atom. The summed E-state index contributed by atoms with van der Waals surface area (Å²) in [5.41, 5.74) is -0.488. The molecule has 1 heterocycles. The lowest BCUT2D eigenvalue weighted by molar-refractivity contribution is -0.157. The molecule has 5 atom stereocenters. The lowest BCUT2D eigenvalue weighted by Gasteiger charge is -2.32. The van der Waals surface area contributed by atoms with Crippen molar-refractivity contribution in [3.63, 3.8) is 0 Å². The fourth-order valence-electron chi connectivity index (χ4n) is 4.08. The van der Waals surface area contributed by atoms with E-state index < -0.39 is 35.9 Å². The third-order valence-corrected chi connectivity index (χ3v) is 6.29. The molecule has 0 aromatic rings. The van der Waals surface area contributed by atoms with Gasteiger partial charge in [0.25, 0.3) is 0 Å². The molecule has 1 aliphatic heterocycles. The number of allylic oxidation sites excluding steroid dienone is 3. The van der Waals surface area contributed by atoms with Crippen molar-refractivity contribution >= 4 is 11.9 Å². The van der Waals surface area contributed by atoms with Gasteiger partial charge in [-0.3, -0.25) is 9.59 Å². The van der Waals surface area contributed by atoms with Crippen molar-refractivity contribution in [2.75, 3.05) is 0 Å². The number of carbonyl (C=O) groups excluding carboxylic acids is 2. The number of ether oxygens (including phenoxy) is 2. The number of carbonyl (C=O) groups is 2. The van der Waals surface area contributed by atoms with Crippen molar-refractivity contribution in [2.45, 2.75) is 123 Å². The van der Waals surface area contributed by atoms with E-state index >= 15 is 0 Å². The highest BCUT2D eigenvalue weighted by Gasteiger charge is 2.34. The van der Waals surface area contributed by atoms with Gasteiger partial charge in [-0.25, -0.2) is 0 Å². The highest BCUT2D eigenvalue weighted by atomic mass is 16.6. The maximum absolute atomic E-state index is 12.5. The van der Waals surface area contributed by atoms with Gasteiger partial charge in [0.05, 0.1) is 12.5 Å². The Bertz CT molecular complexity index is 706. The second-order valence-corrected chi connectivity index (χ2v) is 9.83. The lowest BCUT2D eigenvalue weighted by atomic mass is 9.88. The van der Waals surface area contributed by atoms with E-state index in [0.29, 0.717) is 0 Å². The Hall–Kier alpha value is -1.92. The summed E-state index contributed by atoms with van der Waals surface area (Å²) in [5.74, 6) is -1.19. The first-order valence-electron chi connectivity index (χ1n) is 12.9. The smallest absolute Gasteiger partial charge is 0.309 e. The van der Waals surface area contributed by atoms with Crippen molar-refractivity contribution < 1.29 is 29.3 Å². The van der Waals surface area contributed by atoms with E-state index in [2.05, 4.69) is 13.0 Å². The second kappa shape index (κ2) is 15.9. The minimum atomic E-state index is -1.37. The van der Waals surface area contributed by atoms with Crippen LogP contribution in [0.4, 0.5) is 0 Å². The zero-order chi connectivity index (χ0) is 25.6. The molecular weight excluding hydrogens is 432 g/mol. The Morgan fingerprint density at radius 2 is 1.88 bits per heavy atom. The Balaban J connectivity index is 2.93. The minimum Gasteiger partial charge on any atom is -0.457 e. The predicted molar refractivity (Wildman–Crippen MR) is 135 cm³/mol. The molecule has 5 unspecified atom stereocenters. The van der Waals surface area contributed by atoms with Crippen molar-refractivity contribution in [3.05, 3.63) is 36.0 Å². The summed E-state index contributed by atoms with van der Waals surface area (Å²) in [6, 6.07) is 0. The van der Waals surface area contributed by atoms with Crippen LogP contribution in [0.3, 0.4) is 0 Å². The lowest BCUT2D eigenvalue weighted by Crippen LogP contribution is -2.42. The zero-order valence-electron chi connectivity index (χ0n) is 21.8. The molecule has 0 amide bonds. The Labute approximate surface area is 206 Å². The molecule has 6 nitrogen and oxygen atoms in total. The molecule has 6 heteroatoms. The number of hydrogen-bond acceptors (Lipinski definition) is 6. The van der Waals surface area contributed by atoms with Crippen LogP contribution in [-0.4, -0.2) is 46.1 Å². The molecule has 0 aromatic carbocycles. The molecule has 0 aromatic heterocycles. The molecule has 1 aliphatic rings. The third kappa shape index (κ3) is 12.0. The largest absolute Gasteiger partial charge is 0.457 e. The first-order chi connectivity index (χ1) is 16.1. The van der Waals surface area contributed by atoms with Gasteiger partial charge in [-0.15, -0.1) is 0 Å². The Morgan fingerprint density at radius 1 is 1.21 bits per heavy atom. The average molecular weight is 479 g/mol. The zero-order valence-corrected chi connectivity index (χ0v) is 21.8. The number of aliphatic hydroxyl groups is 2. The average Bonchev–Trinajstić information content (AvgIpc) is 2.76. The van der Waals surface area contributed by atoms with Crippen LogP contribution in [0.25, 0.3) is 0 Å². The minimum absolute atomic E-state index is 0.150. The van der Waals surface area contributed by atoms with Crippen molar-refractivity contribution in [1.29, 1.82) is 0 Å². The van der Waals surface area contributed by atoms with E-state index in [1.807, 2.05) is 32.1 Å². The topological polar surface area (TPSA) is 93.1 Å². The van der Waals surface area contributed by atoms with E-state index in [0.717, 1.165) is 12.0 Å². The van der Waals surface area contributed by atoms with E-state index in [-0.39, 0.29) is 25.2 Å². The van der Waals surface area contributed by atoms with Crippen LogP contribution in [-0.2, 0) is 19.1 Å². The highest BCUT2D eigenvalue weighted by Crippen LogP contribution is 2.27. The monoisotopic (exact) mass is 478 g/mol. The van der Waals surface area contributed by atoms with Crippen LogP contribution in [0.1, 0.15) is 98.8 Å². The molecule has 0 bridgehead atoms. The summed E-state index contributed by atoms with van der Waals surface area (Å²) in [6.45, 7) is 8.92. The van der Waals surface area contributed by atoms with Gasteiger partial charge in [0.2, 0.25) is 0 Å². The molecule has 0 aliphatic carbocycles. The molecule has 0 spiro atoms. The standard InChI is InChI=1S/C28H46O6/c1-6-7-8-9-10-11-12-13-14-15-21(2)27-22(3)16-17-25(33-23(4)29)28(5,32)19-18-24(30)20-26(31)34-27/h13-17,22,24-25,27,30,32H,6-12,18-20H2,1-5H3/b14-13?,17-16+,21-15+. The van der Waals surface area contributed by atoms with Gasteiger partial charge < -0.3 is 19.7 Å². The van der Waals surface area contributed by atoms with E-state index in [1.54, 1.807) is 13.0 Å². The third-order valence-electron chi connectivity index (χ3n) is 6.29. The summed E-state index contributed by atoms with van der Waals surface area (Å²) >= 11 is 0. The summed E-state index contributed by atoms with van der Waals surface area (Å²) in [4.78, 5) is 24.1. The second-order valence-electron chi connectivity index (χ2n) is 9.83. The highest BCUT2D eigenvalue weighted by molar-refractivity contribution is 5.70. The van der Waals surface area contributed by atoms with Crippen LogP contribution in [0, 0.1) is 5.92 Å². The molecule has 1 rings (SSSR count). The van der Waals surface area contributed by atoms with Crippen molar-refractivity contribution in [3.8, 4) is 0 Å². The van der Waals surface area contributed by atoms with Gasteiger partial charge in [0.1, 0.15) is 17.8 Å². The van der Waals surface area contributed by atoms with Crippen LogP contribution >= 0.6 is 0 Å². The van der Waals surface area contributed by atoms with Crippen molar-refractivity contribution in [1.82, 2.24) is 0 Å². The molecule has 0 saturated carbocycles. The Kier molecular flexibility index (Phi) is 14.1. The number of hydrogen-bond donors (Lipinski definition) is 2. The molecule has 0 radical (unpaired) electrons. The van der Waals surface area contributed by atoms with Gasteiger partial charge in [-0.05, 0) is 51.2 Å². The number of aliphatic hydroxyl groups excluding tert-OH is 1. The predicted octanol–water partition coefficient (Wildman–Crippen LogP) is 5.57. The van der Waals surface area contributed by atoms with Gasteiger partial charge in [0, 0.05) is 12.8 Å². The first kappa shape index (κ1) is 30.1. The number of unbranched alkanes of at least 4 members (excludes halogenated alkanes) is 6. The number of esters is 2.